The Morgan fingerprint density at radius 3 is 1.81 bits per heavy atom. The van der Waals surface area contributed by atoms with Crippen molar-refractivity contribution in [2.75, 3.05) is 19.6 Å². The van der Waals surface area contributed by atoms with Gasteiger partial charge < -0.3 is 4.90 Å². The average Bonchev–Trinajstić information content (AvgIpc) is 3.21. The maximum atomic E-state index is 13.6. The summed E-state index contributed by atoms with van der Waals surface area (Å²) >= 11 is 0. The van der Waals surface area contributed by atoms with Gasteiger partial charge in [-0.1, -0.05) is 102 Å². The molecule has 4 heteroatoms. The molecule has 2 heterocycles. The number of hydrogen-bond donors (Lipinski definition) is 0. The number of benzene rings is 1. The van der Waals surface area contributed by atoms with Crippen LogP contribution in [0.1, 0.15) is 122 Å². The molecule has 1 saturated heterocycles. The van der Waals surface area contributed by atoms with Crippen LogP contribution in [-0.4, -0.2) is 33.7 Å². The molecule has 36 heavy (non-hydrogen) atoms. The smallest absolute Gasteiger partial charge is 0.303 e. The van der Waals surface area contributed by atoms with E-state index in [2.05, 4.69) is 38.3 Å². The number of piperidine rings is 1. The number of likely N-dealkylation sites (tertiary alicyclic amines) is 1. The molecule has 0 unspecified atom stereocenters. The van der Waals surface area contributed by atoms with E-state index in [1.165, 1.54) is 103 Å². The van der Waals surface area contributed by atoms with Crippen molar-refractivity contribution < 1.29 is 0 Å². The SMILES string of the molecule is O=c1n(CCCCC2CCCCC2)c2ccccc2n1C1CCN(CCCCC2CCCCC2)CC1. The minimum Gasteiger partial charge on any atom is -0.303 e. The maximum Gasteiger partial charge on any atom is 0.329 e. The molecular formula is C32H51N3O. The van der Waals surface area contributed by atoms with Gasteiger partial charge in [0.1, 0.15) is 0 Å². The van der Waals surface area contributed by atoms with Gasteiger partial charge in [0.05, 0.1) is 11.0 Å². The van der Waals surface area contributed by atoms with E-state index in [0.717, 1.165) is 61.8 Å². The number of para-hydroxylation sites is 2. The van der Waals surface area contributed by atoms with E-state index in [9.17, 15) is 4.79 Å². The average molecular weight is 494 g/mol. The van der Waals surface area contributed by atoms with Crippen molar-refractivity contribution in [1.29, 1.82) is 0 Å². The maximum absolute atomic E-state index is 13.6. The van der Waals surface area contributed by atoms with Gasteiger partial charge in [-0.2, -0.15) is 0 Å². The second kappa shape index (κ2) is 13.3. The van der Waals surface area contributed by atoms with Crippen LogP contribution in [0.4, 0.5) is 0 Å². The van der Waals surface area contributed by atoms with Crippen molar-refractivity contribution in [2.24, 2.45) is 11.8 Å². The Hall–Kier alpha value is -1.55. The zero-order valence-corrected chi connectivity index (χ0v) is 22.8. The highest BCUT2D eigenvalue weighted by atomic mass is 16.1. The Kier molecular flexibility index (Phi) is 9.64. The first-order valence-corrected chi connectivity index (χ1v) is 15.7. The third-order valence-corrected chi connectivity index (χ3v) is 9.82. The van der Waals surface area contributed by atoms with Gasteiger partial charge in [0.2, 0.25) is 0 Å². The molecule has 5 rings (SSSR count). The van der Waals surface area contributed by atoms with E-state index >= 15 is 0 Å². The molecule has 0 atom stereocenters. The monoisotopic (exact) mass is 493 g/mol. The van der Waals surface area contributed by atoms with E-state index in [1.54, 1.807) is 0 Å². The predicted octanol–water partition coefficient (Wildman–Crippen LogP) is 7.94. The first kappa shape index (κ1) is 26.1. The highest BCUT2D eigenvalue weighted by Gasteiger charge is 2.25. The molecule has 0 bridgehead atoms. The second-order valence-electron chi connectivity index (χ2n) is 12.4. The van der Waals surface area contributed by atoms with Crippen molar-refractivity contribution in [3.8, 4) is 0 Å². The number of aromatic nitrogens is 2. The van der Waals surface area contributed by atoms with Crippen molar-refractivity contribution in [3.63, 3.8) is 0 Å². The summed E-state index contributed by atoms with van der Waals surface area (Å²) in [4.78, 5) is 16.3. The lowest BCUT2D eigenvalue weighted by molar-refractivity contribution is 0.181. The highest BCUT2D eigenvalue weighted by Crippen LogP contribution is 2.30. The Balaban J connectivity index is 1.12. The molecular weight excluding hydrogens is 442 g/mol. The van der Waals surface area contributed by atoms with Crippen LogP contribution < -0.4 is 5.69 Å². The van der Waals surface area contributed by atoms with Gasteiger partial charge in [-0.3, -0.25) is 9.13 Å². The number of hydrogen-bond acceptors (Lipinski definition) is 2. The molecule has 3 aliphatic rings. The fraction of sp³-hybridized carbons (Fsp3) is 0.781. The summed E-state index contributed by atoms with van der Waals surface area (Å²) in [5, 5.41) is 0. The number of unbranched alkanes of at least 4 members (excludes halogenated alkanes) is 2. The molecule has 3 fully saturated rings. The standard InChI is InChI=1S/C32H51N3O/c36-32-34(24-12-10-18-28-15-5-2-6-16-28)30-19-7-8-20-31(30)35(32)29-21-25-33(26-22-29)23-11-9-17-27-13-3-1-4-14-27/h7-8,19-20,27-29H,1-6,9-18,21-26H2. The van der Waals surface area contributed by atoms with Crippen LogP contribution in [0, 0.1) is 11.8 Å². The lowest BCUT2D eigenvalue weighted by Gasteiger charge is -2.32. The summed E-state index contributed by atoms with van der Waals surface area (Å²) in [6, 6.07) is 8.89. The van der Waals surface area contributed by atoms with Gasteiger partial charge in [-0.25, -0.2) is 4.79 Å². The topological polar surface area (TPSA) is 30.2 Å². The van der Waals surface area contributed by atoms with E-state index < -0.39 is 0 Å². The quantitative estimate of drug-likeness (QED) is 0.297. The summed E-state index contributed by atoms with van der Waals surface area (Å²) < 4.78 is 4.25. The summed E-state index contributed by atoms with van der Waals surface area (Å²) in [5.74, 6) is 1.95. The third-order valence-electron chi connectivity index (χ3n) is 9.82. The normalized spacial score (nSPS) is 21.4. The molecule has 1 aromatic heterocycles. The lowest BCUT2D eigenvalue weighted by atomic mass is 9.86. The van der Waals surface area contributed by atoms with Crippen LogP contribution in [-0.2, 0) is 6.54 Å². The summed E-state index contributed by atoms with van der Waals surface area (Å²) in [6.07, 6.45) is 24.7. The minimum atomic E-state index is 0.236. The second-order valence-corrected chi connectivity index (χ2v) is 12.4. The molecule has 0 radical (unpaired) electrons. The Bertz CT molecular complexity index is 971. The molecule has 200 valence electrons. The van der Waals surface area contributed by atoms with Crippen molar-refractivity contribution in [1.82, 2.24) is 14.0 Å². The summed E-state index contributed by atoms with van der Waals surface area (Å²) in [6.45, 7) is 4.40. The van der Waals surface area contributed by atoms with Crippen LogP contribution in [0.15, 0.2) is 29.1 Å². The van der Waals surface area contributed by atoms with Crippen LogP contribution in [0.2, 0.25) is 0 Å². The minimum absolute atomic E-state index is 0.236. The molecule has 4 nitrogen and oxygen atoms in total. The Morgan fingerprint density at radius 2 is 1.19 bits per heavy atom. The zero-order valence-electron chi connectivity index (χ0n) is 22.8. The molecule has 1 aliphatic heterocycles. The Labute approximate surface area is 219 Å². The van der Waals surface area contributed by atoms with E-state index in [4.69, 9.17) is 0 Å². The van der Waals surface area contributed by atoms with Crippen molar-refractivity contribution in [3.05, 3.63) is 34.7 Å². The highest BCUT2D eigenvalue weighted by molar-refractivity contribution is 5.76. The molecule has 2 aliphatic carbocycles. The van der Waals surface area contributed by atoms with Crippen LogP contribution in [0.5, 0.6) is 0 Å². The molecule has 0 spiro atoms. The van der Waals surface area contributed by atoms with Crippen LogP contribution >= 0.6 is 0 Å². The van der Waals surface area contributed by atoms with Crippen molar-refractivity contribution >= 4 is 11.0 Å². The van der Waals surface area contributed by atoms with Gasteiger partial charge in [-0.05, 0) is 56.2 Å². The van der Waals surface area contributed by atoms with Gasteiger partial charge in [0, 0.05) is 25.7 Å². The Morgan fingerprint density at radius 1 is 0.639 bits per heavy atom. The van der Waals surface area contributed by atoms with Gasteiger partial charge in [-0.15, -0.1) is 0 Å². The first-order chi connectivity index (χ1) is 17.8. The van der Waals surface area contributed by atoms with Gasteiger partial charge >= 0.3 is 5.69 Å². The van der Waals surface area contributed by atoms with Gasteiger partial charge in [0.25, 0.3) is 0 Å². The number of aryl methyl sites for hydroxylation is 1. The number of imidazole rings is 1. The number of nitrogens with zero attached hydrogens (tertiary/aromatic N) is 3. The van der Waals surface area contributed by atoms with E-state index in [0.29, 0.717) is 6.04 Å². The fourth-order valence-corrected chi connectivity index (χ4v) is 7.63. The zero-order chi connectivity index (χ0) is 24.6. The molecule has 2 aromatic rings. The summed E-state index contributed by atoms with van der Waals surface area (Å²) in [5.41, 5.74) is 2.53. The van der Waals surface area contributed by atoms with Crippen molar-refractivity contribution in [2.45, 2.75) is 128 Å². The predicted molar refractivity (Wildman–Crippen MR) is 152 cm³/mol. The van der Waals surface area contributed by atoms with Crippen LogP contribution in [0.3, 0.4) is 0 Å². The molecule has 0 N–H and O–H groups in total. The first-order valence-electron chi connectivity index (χ1n) is 15.7. The van der Waals surface area contributed by atoms with Crippen LogP contribution in [0.25, 0.3) is 11.0 Å². The number of rotatable bonds is 11. The molecule has 1 aromatic carbocycles. The largest absolute Gasteiger partial charge is 0.329 e. The lowest BCUT2D eigenvalue weighted by Crippen LogP contribution is -2.38. The third kappa shape index (κ3) is 6.65. The van der Waals surface area contributed by atoms with E-state index in [-0.39, 0.29) is 5.69 Å². The fourth-order valence-electron chi connectivity index (χ4n) is 7.63. The summed E-state index contributed by atoms with van der Waals surface area (Å²) in [7, 11) is 0. The molecule has 0 amide bonds. The number of fused-ring (bicyclic) bond motifs is 1. The molecule has 2 saturated carbocycles. The van der Waals surface area contributed by atoms with Gasteiger partial charge in [0.15, 0.2) is 0 Å². The van der Waals surface area contributed by atoms with E-state index in [1.807, 2.05) is 0 Å².